The van der Waals surface area contributed by atoms with E-state index in [1.54, 1.807) is 17.1 Å². The van der Waals surface area contributed by atoms with Crippen molar-refractivity contribution < 1.29 is 0 Å². The molecular weight excluding hydrogens is 254 g/mol. The Bertz CT molecular complexity index is 601. The summed E-state index contributed by atoms with van der Waals surface area (Å²) in [5.41, 5.74) is 5.84. The summed E-state index contributed by atoms with van der Waals surface area (Å²) >= 11 is 0. The van der Waals surface area contributed by atoms with E-state index in [9.17, 15) is 0 Å². The number of nitrogens with zero attached hydrogens (tertiary/aromatic N) is 6. The van der Waals surface area contributed by atoms with Crippen molar-refractivity contribution in [3.8, 4) is 5.95 Å². The normalized spacial score (nSPS) is 18.2. The molecule has 0 aromatic carbocycles. The molecule has 4 rings (SSSR count). The molecule has 0 amide bonds. The highest BCUT2D eigenvalue weighted by Crippen LogP contribution is 2.36. The van der Waals surface area contributed by atoms with Crippen LogP contribution >= 0.6 is 0 Å². The van der Waals surface area contributed by atoms with Crippen LogP contribution in [0, 0.1) is 5.92 Å². The van der Waals surface area contributed by atoms with Crippen molar-refractivity contribution in [1.29, 1.82) is 0 Å². The molecule has 0 saturated heterocycles. The van der Waals surface area contributed by atoms with Crippen molar-refractivity contribution in [3.63, 3.8) is 0 Å². The molecule has 0 spiro atoms. The Morgan fingerprint density at radius 2 is 2.05 bits per heavy atom. The smallest absolute Gasteiger partial charge is 0.257 e. The molecule has 2 fully saturated rings. The molecule has 0 unspecified atom stereocenters. The number of aromatic nitrogens is 5. The molecule has 2 N–H and O–H groups in total. The van der Waals surface area contributed by atoms with Gasteiger partial charge < -0.3 is 10.6 Å². The van der Waals surface area contributed by atoms with Gasteiger partial charge in [0.05, 0.1) is 0 Å². The lowest BCUT2D eigenvalue weighted by Gasteiger charge is -2.22. The predicted molar refractivity (Wildman–Crippen MR) is 74.5 cm³/mol. The van der Waals surface area contributed by atoms with E-state index >= 15 is 0 Å². The van der Waals surface area contributed by atoms with E-state index in [1.807, 2.05) is 6.07 Å². The SMILES string of the molecule is Nc1nc(N(CC2CC2)C2CC2)nc(-n2cccn2)n1. The largest absolute Gasteiger partial charge is 0.368 e. The highest BCUT2D eigenvalue weighted by atomic mass is 15.4. The summed E-state index contributed by atoms with van der Waals surface area (Å²) in [5, 5.41) is 4.15. The summed E-state index contributed by atoms with van der Waals surface area (Å²) < 4.78 is 1.61. The third-order valence-corrected chi connectivity index (χ3v) is 3.73. The van der Waals surface area contributed by atoms with Crippen molar-refractivity contribution in [2.75, 3.05) is 17.2 Å². The Hall–Kier alpha value is -2.18. The molecule has 7 heteroatoms. The fourth-order valence-corrected chi connectivity index (χ4v) is 2.35. The second-order valence-corrected chi connectivity index (χ2v) is 5.57. The number of nitrogen functional groups attached to an aromatic ring is 1. The average molecular weight is 271 g/mol. The van der Waals surface area contributed by atoms with Gasteiger partial charge in [0.15, 0.2) is 0 Å². The van der Waals surface area contributed by atoms with E-state index in [0.29, 0.717) is 17.9 Å². The van der Waals surface area contributed by atoms with Gasteiger partial charge in [0, 0.05) is 25.0 Å². The lowest BCUT2D eigenvalue weighted by atomic mass is 10.3. The highest BCUT2D eigenvalue weighted by molar-refractivity contribution is 5.40. The Kier molecular flexibility index (Phi) is 2.58. The van der Waals surface area contributed by atoms with Crippen LogP contribution in [0.15, 0.2) is 18.5 Å². The van der Waals surface area contributed by atoms with E-state index in [0.717, 1.165) is 12.5 Å². The zero-order valence-corrected chi connectivity index (χ0v) is 11.2. The molecule has 2 aliphatic carbocycles. The van der Waals surface area contributed by atoms with E-state index in [-0.39, 0.29) is 5.95 Å². The maximum absolute atomic E-state index is 5.84. The Balaban J connectivity index is 1.68. The molecule has 2 aromatic heterocycles. The molecule has 0 aliphatic heterocycles. The summed E-state index contributed by atoms with van der Waals surface area (Å²) in [6, 6.07) is 2.41. The van der Waals surface area contributed by atoms with Gasteiger partial charge in [-0.15, -0.1) is 0 Å². The van der Waals surface area contributed by atoms with E-state index < -0.39 is 0 Å². The minimum Gasteiger partial charge on any atom is -0.368 e. The monoisotopic (exact) mass is 271 g/mol. The molecule has 0 bridgehead atoms. The second kappa shape index (κ2) is 4.43. The van der Waals surface area contributed by atoms with Gasteiger partial charge in [0.25, 0.3) is 5.95 Å². The first kappa shape index (κ1) is 11.6. The predicted octanol–water partition coefficient (Wildman–Crippen LogP) is 1.02. The van der Waals surface area contributed by atoms with Crippen molar-refractivity contribution in [3.05, 3.63) is 18.5 Å². The number of hydrogen-bond donors (Lipinski definition) is 1. The van der Waals surface area contributed by atoms with Crippen molar-refractivity contribution in [2.24, 2.45) is 5.92 Å². The lowest BCUT2D eigenvalue weighted by molar-refractivity contribution is 0.686. The Morgan fingerprint density at radius 3 is 2.70 bits per heavy atom. The second-order valence-electron chi connectivity index (χ2n) is 5.57. The van der Waals surface area contributed by atoms with Crippen LogP contribution < -0.4 is 10.6 Å². The molecule has 2 aliphatic rings. The van der Waals surface area contributed by atoms with E-state index in [1.165, 1.54) is 25.7 Å². The van der Waals surface area contributed by atoms with E-state index in [4.69, 9.17) is 5.73 Å². The molecule has 2 saturated carbocycles. The fourth-order valence-electron chi connectivity index (χ4n) is 2.35. The maximum atomic E-state index is 5.84. The molecule has 0 atom stereocenters. The first-order chi connectivity index (χ1) is 9.79. The Labute approximate surface area is 116 Å². The molecule has 2 aromatic rings. The number of hydrogen-bond acceptors (Lipinski definition) is 6. The quantitative estimate of drug-likeness (QED) is 0.873. The topological polar surface area (TPSA) is 85.8 Å². The van der Waals surface area contributed by atoms with Crippen LogP contribution in [0.25, 0.3) is 5.95 Å². The maximum Gasteiger partial charge on any atom is 0.257 e. The molecule has 20 heavy (non-hydrogen) atoms. The summed E-state index contributed by atoms with van der Waals surface area (Å²) in [6.45, 7) is 1.03. The number of rotatable bonds is 5. The molecule has 0 radical (unpaired) electrons. The van der Waals surface area contributed by atoms with Crippen molar-refractivity contribution in [1.82, 2.24) is 24.7 Å². The highest BCUT2D eigenvalue weighted by Gasteiger charge is 2.35. The van der Waals surface area contributed by atoms with Gasteiger partial charge >= 0.3 is 0 Å². The summed E-state index contributed by atoms with van der Waals surface area (Å²) in [5.74, 6) is 2.22. The molecule has 7 nitrogen and oxygen atoms in total. The van der Waals surface area contributed by atoms with Crippen LogP contribution in [0.1, 0.15) is 25.7 Å². The summed E-state index contributed by atoms with van der Waals surface area (Å²) in [7, 11) is 0. The first-order valence-electron chi connectivity index (χ1n) is 7.08. The lowest BCUT2D eigenvalue weighted by Crippen LogP contribution is -2.30. The zero-order chi connectivity index (χ0) is 13.5. The van der Waals surface area contributed by atoms with Crippen LogP contribution in [0.2, 0.25) is 0 Å². The number of anilines is 2. The van der Waals surface area contributed by atoms with Gasteiger partial charge in [0.2, 0.25) is 11.9 Å². The fraction of sp³-hybridized carbons (Fsp3) is 0.538. The zero-order valence-electron chi connectivity index (χ0n) is 11.2. The Morgan fingerprint density at radius 1 is 1.20 bits per heavy atom. The van der Waals surface area contributed by atoms with Gasteiger partial charge in [0.1, 0.15) is 0 Å². The van der Waals surface area contributed by atoms with Gasteiger partial charge in [-0.3, -0.25) is 0 Å². The van der Waals surface area contributed by atoms with Crippen molar-refractivity contribution in [2.45, 2.75) is 31.7 Å². The third-order valence-electron chi connectivity index (χ3n) is 3.73. The van der Waals surface area contributed by atoms with E-state index in [2.05, 4.69) is 25.0 Å². The average Bonchev–Trinajstić information content (AvgIpc) is 3.35. The van der Waals surface area contributed by atoms with Gasteiger partial charge in [-0.2, -0.15) is 20.1 Å². The van der Waals surface area contributed by atoms with Gasteiger partial charge in [-0.05, 0) is 37.7 Å². The minimum absolute atomic E-state index is 0.252. The molecule has 2 heterocycles. The molecular formula is C13H17N7. The van der Waals surface area contributed by atoms with Crippen LogP contribution in [0.4, 0.5) is 11.9 Å². The standard InChI is InChI=1S/C13H17N7/c14-11-16-12(18-13(17-11)20-7-1-6-15-20)19(10-4-5-10)8-9-2-3-9/h1,6-7,9-10H,2-5,8H2,(H2,14,16,17,18). The van der Waals surface area contributed by atoms with Gasteiger partial charge in [-0.1, -0.05) is 0 Å². The number of nitrogens with two attached hydrogens (primary N) is 1. The van der Waals surface area contributed by atoms with Gasteiger partial charge in [-0.25, -0.2) is 4.68 Å². The van der Waals surface area contributed by atoms with Crippen LogP contribution in [0.5, 0.6) is 0 Å². The third kappa shape index (κ3) is 2.31. The minimum atomic E-state index is 0.252. The van der Waals surface area contributed by atoms with Crippen molar-refractivity contribution >= 4 is 11.9 Å². The molecule has 104 valence electrons. The summed E-state index contributed by atoms with van der Waals surface area (Å²) in [4.78, 5) is 15.3. The van der Waals surface area contributed by atoms with Crippen LogP contribution in [-0.4, -0.2) is 37.3 Å². The van der Waals surface area contributed by atoms with Crippen LogP contribution in [0.3, 0.4) is 0 Å². The first-order valence-corrected chi connectivity index (χ1v) is 7.08. The van der Waals surface area contributed by atoms with Crippen LogP contribution in [-0.2, 0) is 0 Å². The summed E-state index contributed by atoms with van der Waals surface area (Å²) in [6.07, 6.45) is 8.57.